The fourth-order valence-electron chi connectivity index (χ4n) is 3.08. The first-order chi connectivity index (χ1) is 8.03. The summed E-state index contributed by atoms with van der Waals surface area (Å²) in [5.74, 6) is 0.137. The molecule has 0 aromatic rings. The Balaban J connectivity index is 2.38. The highest BCUT2D eigenvalue weighted by Gasteiger charge is 2.51. The Bertz CT molecular complexity index is 394. The van der Waals surface area contributed by atoms with E-state index in [-0.39, 0.29) is 18.3 Å². The van der Waals surface area contributed by atoms with Crippen LogP contribution in [0.2, 0.25) is 0 Å². The predicted octanol–water partition coefficient (Wildman–Crippen LogP) is 1.60. The lowest BCUT2D eigenvalue weighted by Crippen LogP contribution is -2.41. The van der Waals surface area contributed by atoms with Gasteiger partial charge in [-0.05, 0) is 43.8 Å². The maximum Gasteiger partial charge on any atom is 0.164 e. The van der Waals surface area contributed by atoms with Crippen LogP contribution in [0.3, 0.4) is 0 Å². The molecule has 2 aliphatic carbocycles. The van der Waals surface area contributed by atoms with E-state index in [1.54, 1.807) is 6.08 Å². The molecule has 2 aliphatic rings. The molecule has 3 atom stereocenters. The lowest BCUT2D eigenvalue weighted by atomic mass is 9.70. The topological polar surface area (TPSA) is 57.5 Å². The van der Waals surface area contributed by atoms with Crippen molar-refractivity contribution < 1.29 is 15.0 Å². The van der Waals surface area contributed by atoms with Gasteiger partial charge in [0, 0.05) is 0 Å². The summed E-state index contributed by atoms with van der Waals surface area (Å²) in [5, 5.41) is 19.5. The highest BCUT2D eigenvalue weighted by Crippen LogP contribution is 2.49. The van der Waals surface area contributed by atoms with Crippen LogP contribution in [0.5, 0.6) is 0 Å². The molecule has 0 bridgehead atoms. The third-order valence-electron chi connectivity index (χ3n) is 4.42. The normalized spacial score (nSPS) is 37.3. The van der Waals surface area contributed by atoms with Gasteiger partial charge in [-0.2, -0.15) is 0 Å². The van der Waals surface area contributed by atoms with Crippen molar-refractivity contribution >= 4 is 5.78 Å². The van der Waals surface area contributed by atoms with Gasteiger partial charge in [-0.3, -0.25) is 4.79 Å². The van der Waals surface area contributed by atoms with Gasteiger partial charge in [0.15, 0.2) is 5.78 Å². The zero-order chi connectivity index (χ0) is 12.6. The van der Waals surface area contributed by atoms with Crippen molar-refractivity contribution in [3.63, 3.8) is 0 Å². The van der Waals surface area contributed by atoms with E-state index < -0.39 is 11.5 Å². The second-order valence-corrected chi connectivity index (χ2v) is 5.25. The first kappa shape index (κ1) is 12.5. The average Bonchev–Trinajstić information content (AvgIpc) is 2.49. The van der Waals surface area contributed by atoms with Crippen LogP contribution in [0, 0.1) is 11.3 Å². The lowest BCUT2D eigenvalue weighted by molar-refractivity contribution is -0.130. The summed E-state index contributed by atoms with van der Waals surface area (Å²) in [7, 11) is 0. The Morgan fingerprint density at radius 1 is 1.53 bits per heavy atom. The molecule has 0 heterocycles. The molecular weight excluding hydrogens is 216 g/mol. The number of allylic oxidation sites excluding steroid dienone is 3. The summed E-state index contributed by atoms with van der Waals surface area (Å²) in [4.78, 5) is 12.1. The minimum Gasteiger partial charge on any atom is -0.392 e. The van der Waals surface area contributed by atoms with E-state index in [9.17, 15) is 15.0 Å². The number of aliphatic hydroxyl groups excluding tert-OH is 2. The van der Waals surface area contributed by atoms with Gasteiger partial charge in [0.2, 0.25) is 0 Å². The molecule has 3 heteroatoms. The second kappa shape index (κ2) is 4.39. The summed E-state index contributed by atoms with van der Waals surface area (Å²) < 4.78 is 0. The van der Waals surface area contributed by atoms with Gasteiger partial charge >= 0.3 is 0 Å². The first-order valence-corrected chi connectivity index (χ1v) is 6.25. The number of carbonyl (C=O) groups excluding carboxylic acids is 1. The molecule has 0 saturated carbocycles. The summed E-state index contributed by atoms with van der Waals surface area (Å²) in [5.41, 5.74) is 1.28. The van der Waals surface area contributed by atoms with Crippen molar-refractivity contribution in [1.82, 2.24) is 0 Å². The molecule has 17 heavy (non-hydrogen) atoms. The van der Waals surface area contributed by atoms with E-state index >= 15 is 0 Å². The number of fused-ring (bicyclic) bond motifs is 1. The van der Waals surface area contributed by atoms with Crippen LogP contribution in [0.15, 0.2) is 23.3 Å². The third-order valence-corrected chi connectivity index (χ3v) is 4.42. The highest BCUT2D eigenvalue weighted by atomic mass is 16.3. The molecule has 0 fully saturated rings. The number of aliphatic hydroxyl groups is 2. The fraction of sp³-hybridized carbons (Fsp3) is 0.643. The molecule has 0 radical (unpaired) electrons. The van der Waals surface area contributed by atoms with Gasteiger partial charge in [0.1, 0.15) is 0 Å². The number of hydrogen-bond acceptors (Lipinski definition) is 3. The summed E-state index contributed by atoms with van der Waals surface area (Å²) in [6, 6.07) is 0. The predicted molar refractivity (Wildman–Crippen MR) is 65.4 cm³/mol. The zero-order valence-electron chi connectivity index (χ0n) is 10.4. The van der Waals surface area contributed by atoms with E-state index in [1.165, 1.54) is 0 Å². The van der Waals surface area contributed by atoms with Crippen LogP contribution in [0.25, 0.3) is 0 Å². The minimum absolute atomic E-state index is 0.0285. The smallest absolute Gasteiger partial charge is 0.164 e. The number of carbonyl (C=O) groups is 1. The van der Waals surface area contributed by atoms with Gasteiger partial charge in [0.25, 0.3) is 0 Å². The number of ketones is 1. The molecule has 3 nitrogen and oxygen atoms in total. The van der Waals surface area contributed by atoms with Crippen molar-refractivity contribution in [2.75, 3.05) is 6.61 Å². The second-order valence-electron chi connectivity index (χ2n) is 5.25. The maximum absolute atomic E-state index is 12.1. The minimum atomic E-state index is -0.696. The third kappa shape index (κ3) is 1.78. The Morgan fingerprint density at radius 3 is 2.82 bits per heavy atom. The summed E-state index contributed by atoms with van der Waals surface area (Å²) >= 11 is 0. The summed E-state index contributed by atoms with van der Waals surface area (Å²) in [6.45, 7) is 3.87. The van der Waals surface area contributed by atoms with Crippen LogP contribution in [-0.2, 0) is 4.79 Å². The molecule has 94 valence electrons. The van der Waals surface area contributed by atoms with E-state index in [0.717, 1.165) is 24.0 Å². The van der Waals surface area contributed by atoms with Crippen molar-refractivity contribution in [1.29, 1.82) is 0 Å². The van der Waals surface area contributed by atoms with Gasteiger partial charge in [-0.1, -0.05) is 18.6 Å². The van der Waals surface area contributed by atoms with Gasteiger partial charge in [-0.25, -0.2) is 0 Å². The number of hydrogen-bond donors (Lipinski definition) is 2. The molecule has 2 rings (SSSR count). The molecule has 3 unspecified atom stereocenters. The fourth-order valence-corrected chi connectivity index (χ4v) is 3.08. The quantitative estimate of drug-likeness (QED) is 0.716. The SMILES string of the molecule is CCC1=CC(=O)C2(C)C(O)CC(CO)=CCC12. The molecule has 0 aromatic heterocycles. The molecule has 0 spiro atoms. The molecule has 0 aliphatic heterocycles. The molecule has 2 N–H and O–H groups in total. The zero-order valence-corrected chi connectivity index (χ0v) is 10.4. The van der Waals surface area contributed by atoms with Crippen molar-refractivity contribution in [3.8, 4) is 0 Å². The number of rotatable bonds is 2. The van der Waals surface area contributed by atoms with Gasteiger partial charge in [-0.15, -0.1) is 0 Å². The summed E-state index contributed by atoms with van der Waals surface area (Å²) in [6.07, 6.45) is 5.00. The highest BCUT2D eigenvalue weighted by molar-refractivity contribution is 5.99. The lowest BCUT2D eigenvalue weighted by Gasteiger charge is -2.34. The van der Waals surface area contributed by atoms with E-state index in [1.807, 2.05) is 19.9 Å². The Kier molecular flexibility index (Phi) is 3.23. The standard InChI is InChI=1S/C14H20O3/c1-3-10-7-13(17)14(2)11(10)5-4-9(8-15)6-12(14)16/h4,7,11-12,15-16H,3,5-6,8H2,1-2H3. The maximum atomic E-state index is 12.1. The molecular formula is C14H20O3. The van der Waals surface area contributed by atoms with E-state index in [2.05, 4.69) is 0 Å². The van der Waals surface area contributed by atoms with Crippen LogP contribution in [0.1, 0.15) is 33.1 Å². The van der Waals surface area contributed by atoms with Gasteiger partial charge in [0.05, 0.1) is 18.1 Å². The Labute approximate surface area is 102 Å². The van der Waals surface area contributed by atoms with Crippen molar-refractivity contribution in [3.05, 3.63) is 23.3 Å². The van der Waals surface area contributed by atoms with E-state index in [0.29, 0.717) is 6.42 Å². The van der Waals surface area contributed by atoms with Crippen LogP contribution in [-0.4, -0.2) is 28.7 Å². The Morgan fingerprint density at radius 2 is 2.24 bits per heavy atom. The molecule has 0 saturated heterocycles. The van der Waals surface area contributed by atoms with Crippen LogP contribution in [0.4, 0.5) is 0 Å². The average molecular weight is 236 g/mol. The van der Waals surface area contributed by atoms with Crippen molar-refractivity contribution in [2.24, 2.45) is 11.3 Å². The van der Waals surface area contributed by atoms with E-state index in [4.69, 9.17) is 0 Å². The Hall–Kier alpha value is -0.930. The first-order valence-electron chi connectivity index (χ1n) is 6.25. The van der Waals surface area contributed by atoms with Gasteiger partial charge < -0.3 is 10.2 Å². The van der Waals surface area contributed by atoms with Crippen LogP contribution < -0.4 is 0 Å². The molecule has 0 amide bonds. The molecule has 0 aromatic carbocycles. The monoisotopic (exact) mass is 236 g/mol. The largest absolute Gasteiger partial charge is 0.392 e. The van der Waals surface area contributed by atoms with Crippen LogP contribution >= 0.6 is 0 Å². The van der Waals surface area contributed by atoms with Crippen molar-refractivity contribution in [2.45, 2.75) is 39.2 Å².